The first-order chi connectivity index (χ1) is 10.2. The lowest BCUT2D eigenvalue weighted by Crippen LogP contribution is -2.52. The summed E-state index contributed by atoms with van der Waals surface area (Å²) in [5.74, 6) is 0.315. The Hall–Kier alpha value is -1.62. The molecule has 3 heterocycles. The van der Waals surface area contributed by atoms with Crippen molar-refractivity contribution in [1.29, 1.82) is 0 Å². The number of rotatable bonds is 3. The molecule has 1 N–H and O–H groups in total. The summed E-state index contributed by atoms with van der Waals surface area (Å²) in [7, 11) is 3.64. The van der Waals surface area contributed by atoms with Gasteiger partial charge in [0.05, 0.1) is 7.11 Å². The maximum atomic E-state index is 11.8. The molecule has 0 radical (unpaired) electrons. The number of hydrogen-bond donors (Lipinski definition) is 1. The van der Waals surface area contributed by atoms with E-state index >= 15 is 0 Å². The molecular formula is C16H23N3O2. The van der Waals surface area contributed by atoms with Gasteiger partial charge in [-0.1, -0.05) is 6.42 Å². The maximum absolute atomic E-state index is 11.8. The molecule has 2 saturated heterocycles. The van der Waals surface area contributed by atoms with Gasteiger partial charge in [-0.2, -0.15) is 0 Å². The Morgan fingerprint density at radius 1 is 1.38 bits per heavy atom. The van der Waals surface area contributed by atoms with E-state index in [1.54, 1.807) is 18.3 Å². The quantitative estimate of drug-likeness (QED) is 0.865. The van der Waals surface area contributed by atoms with Crippen LogP contribution < -0.4 is 5.32 Å². The average molecular weight is 289 g/mol. The summed E-state index contributed by atoms with van der Waals surface area (Å²) in [6.07, 6.45) is 7.83. The molecule has 2 aliphatic heterocycles. The van der Waals surface area contributed by atoms with Gasteiger partial charge in [-0.15, -0.1) is 0 Å². The summed E-state index contributed by atoms with van der Waals surface area (Å²) in [6, 6.07) is 5.22. The molecule has 2 bridgehead atoms. The number of ether oxygens (including phenoxy) is 1. The Kier molecular flexibility index (Phi) is 4.10. The van der Waals surface area contributed by atoms with Crippen molar-refractivity contribution in [3.05, 3.63) is 23.9 Å². The summed E-state index contributed by atoms with van der Waals surface area (Å²) < 4.78 is 4.83. The number of esters is 1. The Morgan fingerprint density at radius 2 is 2.10 bits per heavy atom. The van der Waals surface area contributed by atoms with Crippen LogP contribution in [0.1, 0.15) is 42.5 Å². The van der Waals surface area contributed by atoms with Crippen LogP contribution in [0.15, 0.2) is 18.3 Å². The predicted octanol–water partition coefficient (Wildman–Crippen LogP) is 2.30. The first kappa shape index (κ1) is 14.3. The van der Waals surface area contributed by atoms with E-state index in [2.05, 4.69) is 22.2 Å². The second-order valence-corrected chi connectivity index (χ2v) is 6.11. The molecule has 0 amide bonds. The van der Waals surface area contributed by atoms with Gasteiger partial charge in [-0.05, 0) is 44.9 Å². The highest BCUT2D eigenvalue weighted by Gasteiger charge is 2.36. The lowest BCUT2D eigenvalue weighted by molar-refractivity contribution is 0.0593. The number of carbonyl (C=O) groups excluding carboxylic acids is 1. The second-order valence-electron chi connectivity index (χ2n) is 6.11. The van der Waals surface area contributed by atoms with Crippen LogP contribution in [0.2, 0.25) is 0 Å². The summed E-state index contributed by atoms with van der Waals surface area (Å²) >= 11 is 0. The fourth-order valence-electron chi connectivity index (χ4n) is 3.72. The van der Waals surface area contributed by atoms with Crippen LogP contribution >= 0.6 is 0 Å². The van der Waals surface area contributed by atoms with Crippen LogP contribution in [0.3, 0.4) is 0 Å². The standard InChI is InChI=1S/C16H23N3O2/c1-19-12-5-3-6-13(19)10-11(9-12)18-15-14(16(20)21-2)7-4-8-17-15/h4,7-8,11-13H,3,5-6,9-10H2,1-2H3,(H,17,18). The van der Waals surface area contributed by atoms with Gasteiger partial charge < -0.3 is 15.0 Å². The highest BCUT2D eigenvalue weighted by atomic mass is 16.5. The molecular weight excluding hydrogens is 266 g/mol. The fraction of sp³-hybridized carbons (Fsp3) is 0.625. The number of nitrogens with one attached hydrogen (secondary N) is 1. The number of carbonyl (C=O) groups is 1. The van der Waals surface area contributed by atoms with E-state index in [1.807, 2.05) is 0 Å². The minimum absolute atomic E-state index is 0.335. The fourth-order valence-corrected chi connectivity index (χ4v) is 3.72. The first-order valence-corrected chi connectivity index (χ1v) is 7.71. The van der Waals surface area contributed by atoms with Crippen molar-refractivity contribution in [2.45, 2.75) is 50.2 Å². The van der Waals surface area contributed by atoms with Crippen molar-refractivity contribution in [1.82, 2.24) is 9.88 Å². The smallest absolute Gasteiger partial charge is 0.341 e. The molecule has 2 fully saturated rings. The number of piperidine rings is 2. The lowest BCUT2D eigenvalue weighted by Gasteiger charge is -2.47. The second kappa shape index (κ2) is 6.02. The van der Waals surface area contributed by atoms with Crippen molar-refractivity contribution in [3.8, 4) is 0 Å². The van der Waals surface area contributed by atoms with Gasteiger partial charge in [0.15, 0.2) is 0 Å². The molecule has 1 aromatic rings. The van der Waals surface area contributed by atoms with E-state index in [0.717, 1.165) is 12.8 Å². The molecule has 5 nitrogen and oxygen atoms in total. The summed E-state index contributed by atoms with van der Waals surface area (Å²) in [4.78, 5) is 18.7. The third kappa shape index (κ3) is 2.88. The van der Waals surface area contributed by atoms with Crippen molar-refractivity contribution in [3.63, 3.8) is 0 Å². The number of fused-ring (bicyclic) bond motifs is 2. The zero-order valence-electron chi connectivity index (χ0n) is 12.7. The van der Waals surface area contributed by atoms with E-state index in [-0.39, 0.29) is 5.97 Å². The van der Waals surface area contributed by atoms with Crippen LogP contribution in [0.5, 0.6) is 0 Å². The number of hydrogen-bond acceptors (Lipinski definition) is 5. The Bertz CT molecular complexity index is 506. The molecule has 5 heteroatoms. The zero-order chi connectivity index (χ0) is 14.8. The van der Waals surface area contributed by atoms with Crippen molar-refractivity contribution >= 4 is 11.8 Å². The number of aromatic nitrogens is 1. The molecule has 1 aromatic heterocycles. The number of nitrogens with zero attached hydrogens (tertiary/aromatic N) is 2. The molecule has 2 unspecified atom stereocenters. The van der Waals surface area contributed by atoms with Crippen LogP contribution in [-0.4, -0.2) is 48.1 Å². The normalized spacial score (nSPS) is 29.0. The van der Waals surface area contributed by atoms with Gasteiger partial charge in [-0.3, -0.25) is 0 Å². The van der Waals surface area contributed by atoms with Gasteiger partial charge >= 0.3 is 5.97 Å². The van der Waals surface area contributed by atoms with E-state index in [4.69, 9.17) is 4.74 Å². The number of methoxy groups -OCH3 is 1. The van der Waals surface area contributed by atoms with E-state index in [1.165, 1.54) is 26.4 Å². The van der Waals surface area contributed by atoms with Crippen LogP contribution in [0.25, 0.3) is 0 Å². The van der Waals surface area contributed by atoms with Gasteiger partial charge in [0.2, 0.25) is 0 Å². The third-order valence-electron chi connectivity index (χ3n) is 4.89. The zero-order valence-corrected chi connectivity index (χ0v) is 12.7. The van der Waals surface area contributed by atoms with Crippen LogP contribution in [0.4, 0.5) is 5.82 Å². The monoisotopic (exact) mass is 289 g/mol. The summed E-state index contributed by atoms with van der Waals surface area (Å²) in [5, 5.41) is 3.48. The van der Waals surface area contributed by atoms with Gasteiger partial charge in [0.1, 0.15) is 11.4 Å². The van der Waals surface area contributed by atoms with Crippen molar-refractivity contribution in [2.24, 2.45) is 0 Å². The van der Waals surface area contributed by atoms with Crippen molar-refractivity contribution in [2.75, 3.05) is 19.5 Å². The number of anilines is 1. The molecule has 0 spiro atoms. The minimum Gasteiger partial charge on any atom is -0.465 e. The molecule has 3 rings (SSSR count). The summed E-state index contributed by atoms with van der Waals surface area (Å²) in [6.45, 7) is 0. The molecule has 0 saturated carbocycles. The largest absolute Gasteiger partial charge is 0.465 e. The van der Waals surface area contributed by atoms with Crippen molar-refractivity contribution < 1.29 is 9.53 Å². The van der Waals surface area contributed by atoms with Crippen LogP contribution in [-0.2, 0) is 4.74 Å². The highest BCUT2D eigenvalue weighted by molar-refractivity contribution is 5.94. The molecule has 21 heavy (non-hydrogen) atoms. The van der Waals surface area contributed by atoms with Gasteiger partial charge in [-0.25, -0.2) is 9.78 Å². The highest BCUT2D eigenvalue weighted by Crippen LogP contribution is 2.34. The van der Waals surface area contributed by atoms with E-state index in [9.17, 15) is 4.79 Å². The van der Waals surface area contributed by atoms with Gasteiger partial charge in [0.25, 0.3) is 0 Å². The van der Waals surface area contributed by atoms with E-state index in [0.29, 0.717) is 29.5 Å². The maximum Gasteiger partial charge on any atom is 0.341 e. The topological polar surface area (TPSA) is 54.5 Å². The minimum atomic E-state index is -0.335. The van der Waals surface area contributed by atoms with E-state index < -0.39 is 0 Å². The molecule has 0 aliphatic carbocycles. The predicted molar refractivity (Wildman–Crippen MR) is 81.4 cm³/mol. The third-order valence-corrected chi connectivity index (χ3v) is 4.89. The SMILES string of the molecule is COC(=O)c1cccnc1NC1CC2CCCC(C1)N2C. The lowest BCUT2D eigenvalue weighted by atomic mass is 9.82. The molecule has 0 aromatic carbocycles. The Balaban J connectivity index is 1.74. The molecule has 2 atom stereocenters. The Morgan fingerprint density at radius 3 is 2.76 bits per heavy atom. The average Bonchev–Trinajstić information content (AvgIpc) is 2.48. The molecule has 2 aliphatic rings. The van der Waals surface area contributed by atoms with Crippen LogP contribution in [0, 0.1) is 0 Å². The summed E-state index contributed by atoms with van der Waals surface area (Å²) in [5.41, 5.74) is 0.518. The Labute approximate surface area is 125 Å². The number of pyridine rings is 1. The molecule has 114 valence electrons. The first-order valence-electron chi connectivity index (χ1n) is 7.71. The van der Waals surface area contributed by atoms with Gasteiger partial charge in [0, 0.05) is 24.3 Å².